The summed E-state index contributed by atoms with van der Waals surface area (Å²) in [5.74, 6) is 0.168. The molecular formula is C20H16Cl2N2O2. The summed E-state index contributed by atoms with van der Waals surface area (Å²) in [4.78, 5) is 16.9. The van der Waals surface area contributed by atoms with Crippen LogP contribution in [0.15, 0.2) is 48.5 Å². The molecule has 26 heavy (non-hydrogen) atoms. The highest BCUT2D eigenvalue weighted by atomic mass is 35.5. The molecule has 4 nitrogen and oxygen atoms in total. The van der Waals surface area contributed by atoms with Gasteiger partial charge in [0.2, 0.25) is 5.91 Å². The fourth-order valence-electron chi connectivity index (χ4n) is 2.60. The van der Waals surface area contributed by atoms with E-state index >= 15 is 0 Å². The smallest absolute Gasteiger partial charge is 0.248 e. The van der Waals surface area contributed by atoms with Crippen molar-refractivity contribution in [2.24, 2.45) is 0 Å². The zero-order valence-corrected chi connectivity index (χ0v) is 15.7. The molecule has 0 fully saturated rings. The summed E-state index contributed by atoms with van der Waals surface area (Å²) >= 11 is 12.1. The van der Waals surface area contributed by atoms with Crippen LogP contribution < -0.4 is 10.1 Å². The first kappa shape index (κ1) is 18.2. The molecule has 1 amide bonds. The van der Waals surface area contributed by atoms with Crippen molar-refractivity contribution >= 4 is 51.8 Å². The standard InChI is InChI=1S/C20H16Cl2N2O2/c1-12-6-7-13-4-3-5-17(19(13)23-12)24-18(25)9-8-14-10-15(21)11-16(22)20(14)26-2/h3-11H,1-2H3,(H,24,25)/b9-8+. The Morgan fingerprint density at radius 2 is 2.00 bits per heavy atom. The number of amides is 1. The average Bonchev–Trinajstić information content (AvgIpc) is 2.60. The van der Waals surface area contributed by atoms with Gasteiger partial charge >= 0.3 is 0 Å². The van der Waals surface area contributed by atoms with Gasteiger partial charge in [0, 0.05) is 27.7 Å². The van der Waals surface area contributed by atoms with E-state index in [-0.39, 0.29) is 5.91 Å². The van der Waals surface area contributed by atoms with E-state index in [1.165, 1.54) is 13.2 Å². The number of hydrogen-bond donors (Lipinski definition) is 1. The molecule has 0 saturated carbocycles. The highest BCUT2D eigenvalue weighted by Crippen LogP contribution is 2.33. The van der Waals surface area contributed by atoms with Crippen LogP contribution in [0.2, 0.25) is 10.0 Å². The quantitative estimate of drug-likeness (QED) is 0.601. The summed E-state index contributed by atoms with van der Waals surface area (Å²) in [5.41, 5.74) is 2.90. The molecule has 1 heterocycles. The summed E-state index contributed by atoms with van der Waals surface area (Å²) in [6, 6.07) is 12.8. The Bertz CT molecular complexity index is 1020. The van der Waals surface area contributed by atoms with E-state index in [0.29, 0.717) is 27.0 Å². The maximum Gasteiger partial charge on any atom is 0.248 e. The molecule has 0 spiro atoms. The summed E-state index contributed by atoms with van der Waals surface area (Å²) in [5, 5.41) is 4.66. The van der Waals surface area contributed by atoms with Crippen molar-refractivity contribution in [3.05, 3.63) is 69.8 Å². The molecule has 3 aromatic rings. The molecule has 132 valence electrons. The predicted octanol–water partition coefficient (Wildman–Crippen LogP) is 5.51. The normalized spacial score (nSPS) is 11.1. The van der Waals surface area contributed by atoms with E-state index in [4.69, 9.17) is 27.9 Å². The molecule has 0 atom stereocenters. The van der Waals surface area contributed by atoms with E-state index in [2.05, 4.69) is 10.3 Å². The summed E-state index contributed by atoms with van der Waals surface area (Å²) in [7, 11) is 1.51. The lowest BCUT2D eigenvalue weighted by molar-refractivity contribution is -0.111. The van der Waals surface area contributed by atoms with Gasteiger partial charge in [-0.3, -0.25) is 9.78 Å². The molecule has 0 radical (unpaired) electrons. The first-order valence-corrected chi connectivity index (χ1v) is 8.62. The Labute approximate surface area is 161 Å². The van der Waals surface area contributed by atoms with Gasteiger partial charge in [-0.25, -0.2) is 0 Å². The number of ether oxygens (including phenoxy) is 1. The lowest BCUT2D eigenvalue weighted by Gasteiger charge is -2.08. The second-order valence-corrected chi connectivity index (χ2v) is 6.51. The first-order chi connectivity index (χ1) is 12.5. The SMILES string of the molecule is COc1c(Cl)cc(Cl)cc1/C=C/C(=O)Nc1cccc2ccc(C)nc12. The van der Waals surface area contributed by atoms with Crippen LogP contribution in [0.3, 0.4) is 0 Å². The average molecular weight is 387 g/mol. The number of hydrogen-bond acceptors (Lipinski definition) is 3. The van der Waals surface area contributed by atoms with Crippen LogP contribution in [-0.4, -0.2) is 18.0 Å². The molecule has 6 heteroatoms. The Kier molecular flexibility index (Phi) is 5.45. The molecule has 0 aliphatic rings. The Morgan fingerprint density at radius 3 is 2.77 bits per heavy atom. The highest BCUT2D eigenvalue weighted by Gasteiger charge is 2.09. The van der Waals surface area contributed by atoms with Gasteiger partial charge in [0.25, 0.3) is 0 Å². The van der Waals surface area contributed by atoms with Gasteiger partial charge in [0.1, 0.15) is 5.75 Å². The number of benzene rings is 2. The van der Waals surface area contributed by atoms with Crippen molar-refractivity contribution < 1.29 is 9.53 Å². The minimum absolute atomic E-state index is 0.293. The zero-order valence-electron chi connectivity index (χ0n) is 14.2. The number of carbonyl (C=O) groups is 1. The molecule has 0 saturated heterocycles. The number of nitrogens with zero attached hydrogens (tertiary/aromatic N) is 1. The summed E-state index contributed by atoms with van der Waals surface area (Å²) in [6.45, 7) is 1.91. The third kappa shape index (κ3) is 3.98. The highest BCUT2D eigenvalue weighted by molar-refractivity contribution is 6.36. The largest absolute Gasteiger partial charge is 0.495 e. The molecule has 2 aromatic carbocycles. The van der Waals surface area contributed by atoms with Gasteiger partial charge in [-0.1, -0.05) is 41.4 Å². The second-order valence-electron chi connectivity index (χ2n) is 5.66. The number of carbonyl (C=O) groups excluding carboxylic acids is 1. The third-order valence-electron chi connectivity index (χ3n) is 3.77. The summed E-state index contributed by atoms with van der Waals surface area (Å²) < 4.78 is 5.27. The number of nitrogens with one attached hydrogen (secondary N) is 1. The monoisotopic (exact) mass is 386 g/mol. The molecule has 0 aliphatic carbocycles. The van der Waals surface area contributed by atoms with Crippen LogP contribution in [0, 0.1) is 6.92 Å². The van der Waals surface area contributed by atoms with E-state index < -0.39 is 0 Å². The maximum atomic E-state index is 12.4. The van der Waals surface area contributed by atoms with Crippen LogP contribution >= 0.6 is 23.2 Å². The Hall–Kier alpha value is -2.56. The fourth-order valence-corrected chi connectivity index (χ4v) is 3.19. The van der Waals surface area contributed by atoms with Gasteiger partial charge < -0.3 is 10.1 Å². The third-order valence-corrected chi connectivity index (χ3v) is 4.27. The molecule has 3 rings (SSSR count). The van der Waals surface area contributed by atoms with E-state index in [0.717, 1.165) is 16.6 Å². The number of fused-ring (bicyclic) bond motifs is 1. The molecule has 0 bridgehead atoms. The van der Waals surface area contributed by atoms with Crippen LogP contribution in [0.4, 0.5) is 5.69 Å². The molecule has 1 N–H and O–H groups in total. The van der Waals surface area contributed by atoms with Crippen molar-refractivity contribution in [3.8, 4) is 5.75 Å². The van der Waals surface area contributed by atoms with Gasteiger partial charge in [0.15, 0.2) is 0 Å². The number of aromatic nitrogens is 1. The van der Waals surface area contributed by atoms with Crippen LogP contribution in [-0.2, 0) is 4.79 Å². The second kappa shape index (κ2) is 7.77. The van der Waals surface area contributed by atoms with Crippen molar-refractivity contribution in [2.75, 3.05) is 12.4 Å². The van der Waals surface area contributed by atoms with Gasteiger partial charge in [-0.15, -0.1) is 0 Å². The number of anilines is 1. The molecule has 0 aliphatic heterocycles. The Morgan fingerprint density at radius 1 is 1.19 bits per heavy atom. The molecule has 1 aromatic heterocycles. The van der Waals surface area contributed by atoms with E-state index in [1.54, 1.807) is 18.2 Å². The number of aryl methyl sites for hydroxylation is 1. The molecular weight excluding hydrogens is 371 g/mol. The van der Waals surface area contributed by atoms with Crippen molar-refractivity contribution in [2.45, 2.75) is 6.92 Å². The summed E-state index contributed by atoms with van der Waals surface area (Å²) in [6.07, 6.45) is 3.01. The fraction of sp³-hybridized carbons (Fsp3) is 0.100. The van der Waals surface area contributed by atoms with Crippen molar-refractivity contribution in [3.63, 3.8) is 0 Å². The zero-order chi connectivity index (χ0) is 18.7. The topological polar surface area (TPSA) is 51.2 Å². The van der Waals surface area contributed by atoms with Crippen LogP contribution in [0.1, 0.15) is 11.3 Å². The number of halogens is 2. The number of para-hydroxylation sites is 1. The van der Waals surface area contributed by atoms with Gasteiger partial charge in [-0.05, 0) is 37.3 Å². The lowest BCUT2D eigenvalue weighted by Crippen LogP contribution is -2.08. The van der Waals surface area contributed by atoms with Gasteiger partial charge in [0.05, 0.1) is 23.3 Å². The Balaban J connectivity index is 1.86. The van der Waals surface area contributed by atoms with Crippen molar-refractivity contribution in [1.29, 1.82) is 0 Å². The predicted molar refractivity (Wildman–Crippen MR) is 107 cm³/mol. The number of pyridine rings is 1. The number of methoxy groups -OCH3 is 1. The van der Waals surface area contributed by atoms with E-state index in [9.17, 15) is 4.79 Å². The minimum atomic E-state index is -0.293. The number of rotatable bonds is 4. The minimum Gasteiger partial charge on any atom is -0.495 e. The maximum absolute atomic E-state index is 12.4. The van der Waals surface area contributed by atoms with Crippen LogP contribution in [0.5, 0.6) is 5.75 Å². The van der Waals surface area contributed by atoms with Crippen molar-refractivity contribution in [1.82, 2.24) is 4.98 Å². The van der Waals surface area contributed by atoms with Gasteiger partial charge in [-0.2, -0.15) is 0 Å². The molecule has 0 unspecified atom stereocenters. The first-order valence-electron chi connectivity index (χ1n) is 7.86. The van der Waals surface area contributed by atoms with Crippen LogP contribution in [0.25, 0.3) is 17.0 Å². The lowest BCUT2D eigenvalue weighted by atomic mass is 10.1. The van der Waals surface area contributed by atoms with E-state index in [1.807, 2.05) is 37.3 Å².